The van der Waals surface area contributed by atoms with E-state index >= 15 is 0 Å². The number of sulfone groups is 1. The first-order valence-electron chi connectivity index (χ1n) is 4.92. The molecule has 0 heterocycles. The van der Waals surface area contributed by atoms with Gasteiger partial charge in [-0.25, -0.2) is 8.42 Å². The van der Waals surface area contributed by atoms with Gasteiger partial charge in [-0.05, 0) is 25.0 Å². The maximum atomic E-state index is 11.9. The minimum atomic E-state index is -3.65. The van der Waals surface area contributed by atoms with E-state index in [0.29, 0.717) is 5.56 Å². The molecular formula is C10H12ClNO4S. The Morgan fingerprint density at radius 2 is 2.06 bits per heavy atom. The summed E-state index contributed by atoms with van der Waals surface area (Å²) in [5, 5.41) is 10.8. The number of hydrogen-bond acceptors (Lipinski definition) is 4. The third-order valence-corrected chi connectivity index (χ3v) is 4.28. The van der Waals surface area contributed by atoms with Crippen molar-refractivity contribution >= 4 is 27.1 Å². The molecular weight excluding hydrogens is 266 g/mol. The van der Waals surface area contributed by atoms with Crippen LogP contribution in [-0.2, 0) is 9.84 Å². The van der Waals surface area contributed by atoms with Crippen molar-refractivity contribution in [3.8, 4) is 0 Å². The zero-order valence-corrected chi connectivity index (χ0v) is 10.8. The molecule has 5 nitrogen and oxygen atoms in total. The second kappa shape index (κ2) is 5.46. The van der Waals surface area contributed by atoms with Gasteiger partial charge in [-0.2, -0.15) is 0 Å². The summed E-state index contributed by atoms with van der Waals surface area (Å²) in [5.41, 5.74) is 0.283. The van der Waals surface area contributed by atoms with Gasteiger partial charge in [0.1, 0.15) is 4.90 Å². The number of halogens is 1. The van der Waals surface area contributed by atoms with Crippen molar-refractivity contribution in [2.75, 3.05) is 11.6 Å². The summed E-state index contributed by atoms with van der Waals surface area (Å²) in [7, 11) is -3.65. The number of rotatable bonds is 5. The molecule has 0 bridgehead atoms. The Morgan fingerprint density at radius 3 is 2.59 bits per heavy atom. The molecule has 0 radical (unpaired) electrons. The lowest BCUT2D eigenvalue weighted by molar-refractivity contribution is -0.387. The monoisotopic (exact) mass is 277 g/mol. The van der Waals surface area contributed by atoms with Gasteiger partial charge in [0.05, 0.1) is 10.7 Å². The molecule has 0 N–H and O–H groups in total. The zero-order chi connectivity index (χ0) is 13.1. The molecule has 0 aliphatic heterocycles. The number of nitrogens with zero attached hydrogens (tertiary/aromatic N) is 1. The molecule has 0 aliphatic rings. The number of hydrogen-bond donors (Lipinski definition) is 0. The molecule has 0 amide bonds. The van der Waals surface area contributed by atoms with Crippen molar-refractivity contribution in [2.24, 2.45) is 0 Å². The Bertz CT molecular complexity index is 527. The summed E-state index contributed by atoms with van der Waals surface area (Å²) in [5.74, 6) is 0.0274. The Labute approximate surface area is 104 Å². The summed E-state index contributed by atoms with van der Waals surface area (Å²) in [4.78, 5) is 9.85. The number of nitro groups is 1. The molecule has 1 aromatic rings. The lowest BCUT2D eigenvalue weighted by Gasteiger charge is -2.05. The topological polar surface area (TPSA) is 77.3 Å². The van der Waals surface area contributed by atoms with Crippen LogP contribution in [0.2, 0.25) is 0 Å². The Morgan fingerprint density at radius 1 is 1.41 bits per heavy atom. The molecule has 1 aromatic carbocycles. The average Bonchev–Trinajstić information content (AvgIpc) is 2.26. The molecule has 0 aliphatic carbocycles. The zero-order valence-electron chi connectivity index (χ0n) is 9.22. The van der Waals surface area contributed by atoms with E-state index in [-0.39, 0.29) is 28.6 Å². The SMILES string of the molecule is Cc1ccc([N+](=O)[O-])c(S(=O)(=O)CCCCl)c1. The van der Waals surface area contributed by atoms with E-state index in [0.717, 1.165) is 0 Å². The average molecular weight is 278 g/mol. The van der Waals surface area contributed by atoms with Crippen molar-refractivity contribution in [2.45, 2.75) is 18.2 Å². The third kappa shape index (κ3) is 3.41. The lowest BCUT2D eigenvalue weighted by Crippen LogP contribution is -2.10. The van der Waals surface area contributed by atoms with Crippen LogP contribution in [0.25, 0.3) is 0 Å². The smallest absolute Gasteiger partial charge is 0.258 e. The van der Waals surface area contributed by atoms with Crippen molar-refractivity contribution < 1.29 is 13.3 Å². The molecule has 0 unspecified atom stereocenters. The fraction of sp³-hybridized carbons (Fsp3) is 0.400. The maximum Gasteiger partial charge on any atom is 0.287 e. The molecule has 0 saturated carbocycles. The Hall–Kier alpha value is -1.14. The highest BCUT2D eigenvalue weighted by atomic mass is 35.5. The van der Waals surface area contributed by atoms with Gasteiger partial charge in [0.2, 0.25) is 0 Å². The van der Waals surface area contributed by atoms with E-state index in [4.69, 9.17) is 11.6 Å². The van der Waals surface area contributed by atoms with Gasteiger partial charge in [0.15, 0.2) is 9.84 Å². The minimum absolute atomic E-state index is 0.180. The van der Waals surface area contributed by atoms with E-state index in [1.165, 1.54) is 18.2 Å². The van der Waals surface area contributed by atoms with Crippen LogP contribution in [0.5, 0.6) is 0 Å². The number of benzene rings is 1. The summed E-state index contributed by atoms with van der Waals surface area (Å²) in [6.07, 6.45) is 0.273. The lowest BCUT2D eigenvalue weighted by atomic mass is 10.2. The third-order valence-electron chi connectivity index (χ3n) is 2.19. The normalized spacial score (nSPS) is 11.4. The van der Waals surface area contributed by atoms with E-state index < -0.39 is 14.8 Å². The van der Waals surface area contributed by atoms with Crippen molar-refractivity contribution in [1.29, 1.82) is 0 Å². The van der Waals surface area contributed by atoms with Crippen LogP contribution < -0.4 is 0 Å². The van der Waals surface area contributed by atoms with E-state index in [2.05, 4.69) is 0 Å². The molecule has 0 aromatic heterocycles. The van der Waals surface area contributed by atoms with E-state index in [9.17, 15) is 18.5 Å². The van der Waals surface area contributed by atoms with Crippen LogP contribution in [0.3, 0.4) is 0 Å². The maximum absolute atomic E-state index is 11.9. The molecule has 0 fully saturated rings. The predicted octanol–water partition coefficient (Wildman–Crippen LogP) is 2.31. The minimum Gasteiger partial charge on any atom is -0.258 e. The first kappa shape index (κ1) is 13.9. The van der Waals surface area contributed by atoms with Crippen LogP contribution in [-0.4, -0.2) is 25.0 Å². The highest BCUT2D eigenvalue weighted by Crippen LogP contribution is 2.26. The number of aryl methyl sites for hydroxylation is 1. The molecule has 0 atom stereocenters. The van der Waals surface area contributed by atoms with Gasteiger partial charge in [0.25, 0.3) is 5.69 Å². The second-order valence-corrected chi connectivity index (χ2v) is 6.05. The highest BCUT2D eigenvalue weighted by molar-refractivity contribution is 7.91. The predicted molar refractivity (Wildman–Crippen MR) is 65.2 cm³/mol. The fourth-order valence-corrected chi connectivity index (χ4v) is 3.24. The summed E-state index contributed by atoms with van der Waals surface area (Å²) in [6.45, 7) is 1.68. The molecule has 17 heavy (non-hydrogen) atoms. The van der Waals surface area contributed by atoms with E-state index in [1.807, 2.05) is 0 Å². The summed E-state index contributed by atoms with van der Waals surface area (Å²) < 4.78 is 23.8. The highest BCUT2D eigenvalue weighted by Gasteiger charge is 2.25. The molecule has 94 valence electrons. The van der Waals surface area contributed by atoms with Gasteiger partial charge < -0.3 is 0 Å². The van der Waals surface area contributed by atoms with Gasteiger partial charge in [-0.3, -0.25) is 10.1 Å². The summed E-state index contributed by atoms with van der Waals surface area (Å²) in [6, 6.07) is 4.04. The van der Waals surface area contributed by atoms with Crippen molar-refractivity contribution in [3.05, 3.63) is 33.9 Å². The Balaban J connectivity index is 3.28. The first-order chi connectivity index (χ1) is 7.88. The van der Waals surface area contributed by atoms with Crippen LogP contribution in [0.1, 0.15) is 12.0 Å². The largest absolute Gasteiger partial charge is 0.287 e. The van der Waals surface area contributed by atoms with Gasteiger partial charge in [-0.1, -0.05) is 6.07 Å². The molecule has 0 spiro atoms. The van der Waals surface area contributed by atoms with E-state index in [1.54, 1.807) is 6.92 Å². The number of alkyl halides is 1. The summed E-state index contributed by atoms with van der Waals surface area (Å²) >= 11 is 5.43. The first-order valence-corrected chi connectivity index (χ1v) is 7.11. The standard InChI is InChI=1S/C10H12ClNO4S/c1-8-3-4-9(12(13)14)10(7-8)17(15,16)6-2-5-11/h3-4,7H,2,5-6H2,1H3. The fourth-order valence-electron chi connectivity index (χ4n) is 1.38. The van der Waals surface area contributed by atoms with Gasteiger partial charge >= 0.3 is 0 Å². The van der Waals surface area contributed by atoms with Gasteiger partial charge in [-0.15, -0.1) is 11.6 Å². The van der Waals surface area contributed by atoms with Crippen molar-refractivity contribution in [3.63, 3.8) is 0 Å². The van der Waals surface area contributed by atoms with Gasteiger partial charge in [0, 0.05) is 11.9 Å². The number of nitro benzene ring substituents is 1. The second-order valence-electron chi connectivity index (χ2n) is 3.59. The quantitative estimate of drug-likeness (QED) is 0.470. The molecule has 0 saturated heterocycles. The van der Waals surface area contributed by atoms with Crippen LogP contribution >= 0.6 is 11.6 Å². The van der Waals surface area contributed by atoms with Crippen LogP contribution in [0.15, 0.2) is 23.1 Å². The van der Waals surface area contributed by atoms with Crippen LogP contribution in [0, 0.1) is 17.0 Å². The van der Waals surface area contributed by atoms with Crippen LogP contribution in [0.4, 0.5) is 5.69 Å². The Kier molecular flexibility index (Phi) is 4.47. The van der Waals surface area contributed by atoms with Crippen molar-refractivity contribution in [1.82, 2.24) is 0 Å². The molecule has 1 rings (SSSR count). The molecule has 7 heteroatoms.